The van der Waals surface area contributed by atoms with Gasteiger partial charge in [-0.1, -0.05) is 78.9 Å². The molecule has 1 amide bonds. The molecule has 1 fully saturated rings. The van der Waals surface area contributed by atoms with Crippen molar-refractivity contribution in [3.05, 3.63) is 108 Å². The first-order valence-corrected chi connectivity index (χ1v) is 11.6. The summed E-state index contributed by atoms with van der Waals surface area (Å²) >= 11 is 0. The van der Waals surface area contributed by atoms with Gasteiger partial charge in [0.1, 0.15) is 6.04 Å². The van der Waals surface area contributed by atoms with Gasteiger partial charge < -0.3 is 5.32 Å². The van der Waals surface area contributed by atoms with E-state index in [1.165, 1.54) is 12.1 Å². The molecule has 1 aliphatic rings. The molecule has 1 unspecified atom stereocenters. The fraction of sp³-hybridized carbons (Fsp3) is 0.250. The van der Waals surface area contributed by atoms with Crippen LogP contribution in [0, 0.1) is 0 Å². The van der Waals surface area contributed by atoms with Crippen molar-refractivity contribution in [1.29, 1.82) is 0 Å². The van der Waals surface area contributed by atoms with Gasteiger partial charge in [0.25, 0.3) is 0 Å². The quantitative estimate of drug-likeness (QED) is 0.471. The van der Waals surface area contributed by atoms with Gasteiger partial charge in [0.2, 0.25) is 5.91 Å². The van der Waals surface area contributed by atoms with Gasteiger partial charge in [-0.2, -0.15) is 13.2 Å². The van der Waals surface area contributed by atoms with Crippen LogP contribution < -0.4 is 5.32 Å². The second kappa shape index (κ2) is 11.3. The van der Waals surface area contributed by atoms with Crippen molar-refractivity contribution < 1.29 is 18.0 Å². The summed E-state index contributed by atoms with van der Waals surface area (Å²) in [6.07, 6.45) is -0.230. The predicted octanol–water partition coefficient (Wildman–Crippen LogP) is 5.72. The van der Waals surface area contributed by atoms with Gasteiger partial charge in [-0.05, 0) is 29.3 Å². The number of hydrogen-bond acceptors (Lipinski definition) is 3. The van der Waals surface area contributed by atoms with Crippen molar-refractivity contribution in [2.24, 2.45) is 0 Å². The molecule has 0 spiro atoms. The minimum atomic E-state index is -4.47. The van der Waals surface area contributed by atoms with Crippen molar-refractivity contribution in [3.8, 4) is 0 Å². The fourth-order valence-electron chi connectivity index (χ4n) is 4.25. The number of anilines is 1. The van der Waals surface area contributed by atoms with Crippen molar-refractivity contribution in [1.82, 2.24) is 9.80 Å². The Hall–Kier alpha value is -3.42. The van der Waals surface area contributed by atoms with E-state index in [1.54, 1.807) is 0 Å². The molecule has 0 bridgehead atoms. The number of rotatable bonds is 7. The standard InChI is InChI=1S/C28H28F3N3O/c29-28(30,31)24-14-7-15-25(21-24)32-27(35)26(23-12-5-2-6-13-23)34-19-17-33(18-20-34)16-8-11-22-9-3-1-4-10-22/h1-15,21,26H,16-20H2,(H,32,35)/b11-8+. The summed E-state index contributed by atoms with van der Waals surface area (Å²) in [5, 5.41) is 2.71. The van der Waals surface area contributed by atoms with Crippen LogP contribution in [0.3, 0.4) is 0 Å². The van der Waals surface area contributed by atoms with Gasteiger partial charge in [-0.3, -0.25) is 14.6 Å². The first-order chi connectivity index (χ1) is 16.9. The molecule has 0 radical (unpaired) electrons. The predicted molar refractivity (Wildman–Crippen MR) is 133 cm³/mol. The molecule has 35 heavy (non-hydrogen) atoms. The van der Waals surface area contributed by atoms with Crippen molar-refractivity contribution in [2.75, 3.05) is 38.0 Å². The molecule has 3 aromatic carbocycles. The molecule has 1 heterocycles. The number of piperazine rings is 1. The minimum Gasteiger partial charge on any atom is -0.324 e. The SMILES string of the molecule is O=C(Nc1cccc(C(F)(F)F)c1)C(c1ccccc1)N1CCN(C/C=C/c2ccccc2)CC1. The fourth-order valence-corrected chi connectivity index (χ4v) is 4.25. The van der Waals surface area contributed by atoms with E-state index in [2.05, 4.69) is 39.4 Å². The molecule has 1 aliphatic heterocycles. The summed E-state index contributed by atoms with van der Waals surface area (Å²) < 4.78 is 39.3. The van der Waals surface area contributed by atoms with Gasteiger partial charge in [-0.15, -0.1) is 0 Å². The Morgan fingerprint density at radius 1 is 0.886 bits per heavy atom. The number of amides is 1. The second-order valence-corrected chi connectivity index (χ2v) is 8.53. The number of carbonyl (C=O) groups is 1. The highest BCUT2D eigenvalue weighted by molar-refractivity contribution is 5.95. The lowest BCUT2D eigenvalue weighted by Gasteiger charge is -2.38. The van der Waals surface area contributed by atoms with Crippen LogP contribution in [0.15, 0.2) is 91.0 Å². The van der Waals surface area contributed by atoms with Crippen LogP contribution in [0.25, 0.3) is 6.08 Å². The zero-order valence-electron chi connectivity index (χ0n) is 19.3. The summed E-state index contributed by atoms with van der Waals surface area (Å²) in [6.45, 7) is 3.75. The maximum absolute atomic E-state index is 13.3. The van der Waals surface area contributed by atoms with Crippen LogP contribution in [0.1, 0.15) is 22.7 Å². The van der Waals surface area contributed by atoms with Crippen LogP contribution >= 0.6 is 0 Å². The number of alkyl halides is 3. The van der Waals surface area contributed by atoms with Crippen LogP contribution in [-0.4, -0.2) is 48.4 Å². The number of halogens is 3. The third-order valence-corrected chi connectivity index (χ3v) is 6.07. The first-order valence-electron chi connectivity index (χ1n) is 11.6. The summed E-state index contributed by atoms with van der Waals surface area (Å²) in [5.41, 5.74) is 1.31. The maximum Gasteiger partial charge on any atom is 0.416 e. The van der Waals surface area contributed by atoms with E-state index in [1.807, 2.05) is 48.5 Å². The summed E-state index contributed by atoms with van der Waals surface area (Å²) in [7, 11) is 0. The van der Waals surface area contributed by atoms with Crippen molar-refractivity contribution in [2.45, 2.75) is 12.2 Å². The summed E-state index contributed by atoms with van der Waals surface area (Å²) in [4.78, 5) is 17.7. The highest BCUT2D eigenvalue weighted by Gasteiger charge is 2.32. The van der Waals surface area contributed by atoms with Crippen LogP contribution in [0.5, 0.6) is 0 Å². The molecule has 4 nitrogen and oxygen atoms in total. The number of carbonyl (C=O) groups excluding carboxylic acids is 1. The van der Waals surface area contributed by atoms with Crippen molar-refractivity contribution >= 4 is 17.7 Å². The Kier molecular flexibility index (Phi) is 8.00. The van der Waals surface area contributed by atoms with E-state index in [0.29, 0.717) is 13.1 Å². The molecule has 1 N–H and O–H groups in total. The Morgan fingerprint density at radius 3 is 2.20 bits per heavy atom. The van der Waals surface area contributed by atoms with Crippen LogP contribution in [-0.2, 0) is 11.0 Å². The molecule has 3 aromatic rings. The average molecular weight is 480 g/mol. The van der Waals surface area contributed by atoms with Crippen LogP contribution in [0.4, 0.5) is 18.9 Å². The van der Waals surface area contributed by atoms with E-state index in [9.17, 15) is 18.0 Å². The maximum atomic E-state index is 13.3. The average Bonchev–Trinajstić information content (AvgIpc) is 2.86. The van der Waals surface area contributed by atoms with Gasteiger partial charge in [0, 0.05) is 38.4 Å². The Morgan fingerprint density at radius 2 is 1.54 bits per heavy atom. The lowest BCUT2D eigenvalue weighted by molar-refractivity contribution is -0.137. The zero-order chi connectivity index (χ0) is 24.7. The lowest BCUT2D eigenvalue weighted by Crippen LogP contribution is -2.50. The summed E-state index contributed by atoms with van der Waals surface area (Å²) in [5.74, 6) is -0.340. The molecular formula is C28H28F3N3O. The monoisotopic (exact) mass is 479 g/mol. The molecular weight excluding hydrogens is 451 g/mol. The molecule has 0 aliphatic carbocycles. The van der Waals surface area contributed by atoms with E-state index in [0.717, 1.165) is 42.9 Å². The Labute approximate surface area is 203 Å². The highest BCUT2D eigenvalue weighted by Crippen LogP contribution is 2.31. The van der Waals surface area contributed by atoms with E-state index >= 15 is 0 Å². The molecule has 182 valence electrons. The number of nitrogens with zero attached hydrogens (tertiary/aromatic N) is 2. The zero-order valence-corrected chi connectivity index (χ0v) is 19.3. The normalized spacial score (nSPS) is 16.3. The van der Waals surface area contributed by atoms with Gasteiger partial charge in [-0.25, -0.2) is 0 Å². The molecule has 0 saturated carbocycles. The Bertz CT molecular complexity index is 1120. The number of benzene rings is 3. The molecule has 1 saturated heterocycles. The minimum absolute atomic E-state index is 0.135. The number of hydrogen-bond donors (Lipinski definition) is 1. The molecule has 1 atom stereocenters. The van der Waals surface area contributed by atoms with E-state index < -0.39 is 17.8 Å². The highest BCUT2D eigenvalue weighted by atomic mass is 19.4. The topological polar surface area (TPSA) is 35.6 Å². The number of nitrogens with one attached hydrogen (secondary N) is 1. The van der Waals surface area contributed by atoms with E-state index in [-0.39, 0.29) is 11.6 Å². The van der Waals surface area contributed by atoms with Gasteiger partial charge in [0.05, 0.1) is 5.56 Å². The largest absolute Gasteiger partial charge is 0.416 e. The Balaban J connectivity index is 1.42. The van der Waals surface area contributed by atoms with Crippen molar-refractivity contribution in [3.63, 3.8) is 0 Å². The summed E-state index contributed by atoms with van der Waals surface area (Å²) in [6, 6.07) is 23.6. The lowest BCUT2D eigenvalue weighted by atomic mass is 10.0. The first kappa shape index (κ1) is 24.7. The van der Waals surface area contributed by atoms with Gasteiger partial charge in [0.15, 0.2) is 0 Å². The third-order valence-electron chi connectivity index (χ3n) is 6.07. The smallest absolute Gasteiger partial charge is 0.324 e. The molecule has 4 rings (SSSR count). The molecule has 0 aromatic heterocycles. The second-order valence-electron chi connectivity index (χ2n) is 8.53. The van der Waals surface area contributed by atoms with E-state index in [4.69, 9.17) is 0 Å². The molecule has 7 heteroatoms. The third kappa shape index (κ3) is 6.81. The van der Waals surface area contributed by atoms with Crippen LogP contribution in [0.2, 0.25) is 0 Å². The van der Waals surface area contributed by atoms with Gasteiger partial charge >= 0.3 is 6.18 Å².